The van der Waals surface area contributed by atoms with Crippen LogP contribution in [0, 0.1) is 0 Å². The van der Waals surface area contributed by atoms with E-state index in [1.807, 2.05) is 18.2 Å². The van der Waals surface area contributed by atoms with Gasteiger partial charge in [-0.25, -0.2) is 0 Å². The van der Waals surface area contributed by atoms with Gasteiger partial charge < -0.3 is 9.84 Å². The van der Waals surface area contributed by atoms with Crippen LogP contribution in [0.15, 0.2) is 22.7 Å². The highest BCUT2D eigenvalue weighted by atomic mass is 79.9. The summed E-state index contributed by atoms with van der Waals surface area (Å²) in [4.78, 5) is 0. The predicted molar refractivity (Wildman–Crippen MR) is 58.6 cm³/mol. The molecule has 0 aliphatic heterocycles. The van der Waals surface area contributed by atoms with Crippen molar-refractivity contribution in [2.24, 2.45) is 0 Å². The van der Waals surface area contributed by atoms with Crippen LogP contribution in [0.4, 0.5) is 0 Å². The molecule has 1 aromatic rings. The quantitative estimate of drug-likeness (QED) is 0.901. The summed E-state index contributed by atoms with van der Waals surface area (Å²) in [7, 11) is 1.65. The minimum absolute atomic E-state index is 0.457. The van der Waals surface area contributed by atoms with E-state index in [-0.39, 0.29) is 0 Å². The summed E-state index contributed by atoms with van der Waals surface area (Å²) >= 11 is 3.39. The molecule has 0 radical (unpaired) electrons. The first-order valence-corrected chi connectivity index (χ1v) is 5.47. The lowest BCUT2D eigenvalue weighted by atomic mass is 10.1. The molecular formula is C11H13BrO2. The fraction of sp³-hybridized carbons (Fsp3) is 0.455. The molecule has 0 spiro atoms. The number of rotatable bonds is 3. The van der Waals surface area contributed by atoms with E-state index in [0.29, 0.717) is 6.42 Å². The predicted octanol–water partition coefficient (Wildman–Crippen LogP) is 2.53. The topological polar surface area (TPSA) is 29.5 Å². The van der Waals surface area contributed by atoms with Crippen LogP contribution >= 0.6 is 15.9 Å². The second kappa shape index (κ2) is 3.55. The molecule has 0 heterocycles. The Balaban J connectivity index is 2.23. The molecule has 14 heavy (non-hydrogen) atoms. The second-order valence-corrected chi connectivity index (χ2v) is 4.77. The zero-order valence-electron chi connectivity index (χ0n) is 8.09. The SMILES string of the molecule is COc1cc(Br)ccc1CC1(O)CC1. The van der Waals surface area contributed by atoms with Gasteiger partial charge in [-0.3, -0.25) is 0 Å². The molecule has 1 aromatic carbocycles. The van der Waals surface area contributed by atoms with E-state index in [0.717, 1.165) is 28.6 Å². The summed E-state index contributed by atoms with van der Waals surface area (Å²) in [6.07, 6.45) is 2.52. The Kier molecular flexibility index (Phi) is 2.54. The number of ether oxygens (including phenoxy) is 1. The Hall–Kier alpha value is -0.540. The van der Waals surface area contributed by atoms with Crippen molar-refractivity contribution < 1.29 is 9.84 Å². The van der Waals surface area contributed by atoms with E-state index in [2.05, 4.69) is 15.9 Å². The van der Waals surface area contributed by atoms with Gasteiger partial charge in [-0.05, 0) is 30.5 Å². The van der Waals surface area contributed by atoms with Crippen LogP contribution in [0.5, 0.6) is 5.75 Å². The normalized spacial score (nSPS) is 17.9. The van der Waals surface area contributed by atoms with Crippen LogP contribution in [0.2, 0.25) is 0 Å². The van der Waals surface area contributed by atoms with Crippen LogP contribution in [-0.4, -0.2) is 17.8 Å². The van der Waals surface area contributed by atoms with Crippen molar-refractivity contribution in [2.75, 3.05) is 7.11 Å². The number of halogens is 1. The first-order valence-electron chi connectivity index (χ1n) is 4.68. The van der Waals surface area contributed by atoms with E-state index in [9.17, 15) is 5.11 Å². The highest BCUT2D eigenvalue weighted by molar-refractivity contribution is 9.10. The van der Waals surface area contributed by atoms with Gasteiger partial charge in [0.15, 0.2) is 0 Å². The van der Waals surface area contributed by atoms with E-state index in [4.69, 9.17) is 4.74 Å². The molecule has 1 aliphatic carbocycles. The number of methoxy groups -OCH3 is 1. The van der Waals surface area contributed by atoms with E-state index in [1.165, 1.54) is 0 Å². The smallest absolute Gasteiger partial charge is 0.123 e. The lowest BCUT2D eigenvalue weighted by Crippen LogP contribution is -2.11. The highest BCUT2D eigenvalue weighted by Crippen LogP contribution is 2.40. The lowest BCUT2D eigenvalue weighted by Gasteiger charge is -2.12. The number of hydrogen-bond acceptors (Lipinski definition) is 2. The molecule has 0 atom stereocenters. The maximum atomic E-state index is 9.80. The molecule has 1 fully saturated rings. The van der Waals surface area contributed by atoms with Crippen molar-refractivity contribution in [1.29, 1.82) is 0 Å². The van der Waals surface area contributed by atoms with Gasteiger partial charge in [0.05, 0.1) is 12.7 Å². The Morgan fingerprint density at radius 2 is 2.21 bits per heavy atom. The number of hydrogen-bond donors (Lipinski definition) is 1. The molecule has 2 nitrogen and oxygen atoms in total. The summed E-state index contributed by atoms with van der Waals surface area (Å²) in [6.45, 7) is 0. The minimum atomic E-state index is -0.457. The van der Waals surface area contributed by atoms with E-state index >= 15 is 0 Å². The average molecular weight is 257 g/mol. The highest BCUT2D eigenvalue weighted by Gasteiger charge is 2.40. The fourth-order valence-corrected chi connectivity index (χ4v) is 1.88. The molecule has 3 heteroatoms. The van der Waals surface area contributed by atoms with Gasteiger partial charge >= 0.3 is 0 Å². The third kappa shape index (κ3) is 2.10. The average Bonchev–Trinajstić information content (AvgIpc) is 2.87. The molecule has 0 unspecified atom stereocenters. The van der Waals surface area contributed by atoms with Gasteiger partial charge in [0.2, 0.25) is 0 Å². The monoisotopic (exact) mass is 256 g/mol. The first kappa shape index (κ1) is 9.99. The minimum Gasteiger partial charge on any atom is -0.496 e. The van der Waals surface area contributed by atoms with Crippen molar-refractivity contribution in [1.82, 2.24) is 0 Å². The standard InChI is InChI=1S/C11H13BrO2/c1-14-10-6-9(12)3-2-8(10)7-11(13)4-5-11/h2-3,6,13H,4-5,7H2,1H3. The Morgan fingerprint density at radius 3 is 2.79 bits per heavy atom. The molecule has 0 bridgehead atoms. The van der Waals surface area contributed by atoms with Gasteiger partial charge in [-0.15, -0.1) is 0 Å². The molecule has 1 N–H and O–H groups in total. The number of benzene rings is 1. The first-order chi connectivity index (χ1) is 6.63. The van der Waals surface area contributed by atoms with Crippen molar-refractivity contribution in [3.8, 4) is 5.75 Å². The van der Waals surface area contributed by atoms with Gasteiger partial charge in [-0.2, -0.15) is 0 Å². The molecular weight excluding hydrogens is 244 g/mol. The van der Waals surface area contributed by atoms with Crippen LogP contribution in [-0.2, 0) is 6.42 Å². The molecule has 76 valence electrons. The summed E-state index contributed by atoms with van der Waals surface area (Å²) < 4.78 is 6.26. The van der Waals surface area contributed by atoms with Gasteiger partial charge in [-0.1, -0.05) is 22.0 Å². The Morgan fingerprint density at radius 1 is 1.50 bits per heavy atom. The fourth-order valence-electron chi connectivity index (χ4n) is 1.54. The molecule has 1 saturated carbocycles. The summed E-state index contributed by atoms with van der Waals surface area (Å²) in [5, 5.41) is 9.80. The van der Waals surface area contributed by atoms with Gasteiger partial charge in [0, 0.05) is 10.9 Å². The van der Waals surface area contributed by atoms with Crippen LogP contribution in [0.25, 0.3) is 0 Å². The van der Waals surface area contributed by atoms with Gasteiger partial charge in [0.1, 0.15) is 5.75 Å². The van der Waals surface area contributed by atoms with Crippen molar-refractivity contribution >= 4 is 15.9 Å². The molecule has 0 aromatic heterocycles. The zero-order chi connectivity index (χ0) is 10.2. The van der Waals surface area contributed by atoms with Crippen LogP contribution in [0.3, 0.4) is 0 Å². The molecule has 2 rings (SSSR count). The zero-order valence-corrected chi connectivity index (χ0v) is 9.67. The van der Waals surface area contributed by atoms with Gasteiger partial charge in [0.25, 0.3) is 0 Å². The third-order valence-electron chi connectivity index (χ3n) is 2.60. The Bertz CT molecular complexity index is 345. The summed E-state index contributed by atoms with van der Waals surface area (Å²) in [5.41, 5.74) is 0.622. The number of aliphatic hydroxyl groups is 1. The molecule has 1 aliphatic rings. The largest absolute Gasteiger partial charge is 0.496 e. The summed E-state index contributed by atoms with van der Waals surface area (Å²) in [5.74, 6) is 0.847. The lowest BCUT2D eigenvalue weighted by molar-refractivity contribution is 0.150. The maximum absolute atomic E-state index is 9.80. The van der Waals surface area contributed by atoms with E-state index in [1.54, 1.807) is 7.11 Å². The third-order valence-corrected chi connectivity index (χ3v) is 3.09. The van der Waals surface area contributed by atoms with Crippen molar-refractivity contribution in [2.45, 2.75) is 24.9 Å². The van der Waals surface area contributed by atoms with Crippen molar-refractivity contribution in [3.63, 3.8) is 0 Å². The summed E-state index contributed by atoms with van der Waals surface area (Å²) in [6, 6.07) is 5.91. The van der Waals surface area contributed by atoms with Crippen molar-refractivity contribution in [3.05, 3.63) is 28.2 Å². The maximum Gasteiger partial charge on any atom is 0.123 e. The molecule has 0 saturated heterocycles. The second-order valence-electron chi connectivity index (χ2n) is 3.86. The van der Waals surface area contributed by atoms with E-state index < -0.39 is 5.60 Å². The molecule has 0 amide bonds. The van der Waals surface area contributed by atoms with Crippen LogP contribution < -0.4 is 4.74 Å². The Labute approximate surface area is 92.0 Å². The van der Waals surface area contributed by atoms with Crippen LogP contribution in [0.1, 0.15) is 18.4 Å².